The van der Waals surface area contributed by atoms with E-state index >= 15 is 0 Å². The maximum absolute atomic E-state index is 13.8. The van der Waals surface area contributed by atoms with Gasteiger partial charge < -0.3 is 4.90 Å². The third-order valence-electron chi connectivity index (χ3n) is 6.11. The second kappa shape index (κ2) is 11.0. The lowest BCUT2D eigenvalue weighted by Crippen LogP contribution is -2.38. The molecule has 0 aliphatic rings. The van der Waals surface area contributed by atoms with Crippen molar-refractivity contribution in [1.82, 2.24) is 14.5 Å². The van der Waals surface area contributed by atoms with Crippen molar-refractivity contribution < 1.29 is 4.79 Å². The van der Waals surface area contributed by atoms with E-state index in [9.17, 15) is 9.59 Å². The van der Waals surface area contributed by atoms with Gasteiger partial charge in [-0.25, -0.2) is 4.98 Å². The maximum atomic E-state index is 13.8. The van der Waals surface area contributed by atoms with Gasteiger partial charge in [-0.1, -0.05) is 72.9 Å². The van der Waals surface area contributed by atoms with Gasteiger partial charge in [0.1, 0.15) is 5.82 Å². The maximum Gasteiger partial charge on any atom is 0.266 e. The number of rotatable bonds is 7. The van der Waals surface area contributed by atoms with E-state index in [-0.39, 0.29) is 11.5 Å². The third kappa shape index (κ3) is 5.29. The second-order valence-corrected chi connectivity index (χ2v) is 10.3. The second-order valence-electron chi connectivity index (χ2n) is 9.07. The molecular formula is C28H26Cl3N3O2. The minimum absolute atomic E-state index is 0.227. The summed E-state index contributed by atoms with van der Waals surface area (Å²) in [7, 11) is 0. The number of amides is 1. The summed E-state index contributed by atoms with van der Waals surface area (Å²) in [5, 5.41) is 1.56. The largest absolute Gasteiger partial charge is 0.329 e. The number of nitrogens with zero attached hydrogens (tertiary/aromatic N) is 3. The predicted octanol–water partition coefficient (Wildman–Crippen LogP) is 7.60. The van der Waals surface area contributed by atoms with E-state index in [0.29, 0.717) is 55.5 Å². The molecule has 0 N–H and O–H groups in total. The van der Waals surface area contributed by atoms with Gasteiger partial charge in [0.15, 0.2) is 0 Å². The Labute approximate surface area is 225 Å². The van der Waals surface area contributed by atoms with Crippen LogP contribution in [0.2, 0.25) is 15.1 Å². The van der Waals surface area contributed by atoms with Crippen molar-refractivity contribution in [3.05, 3.63) is 104 Å². The van der Waals surface area contributed by atoms with Crippen molar-refractivity contribution in [2.45, 2.75) is 33.2 Å². The molecule has 1 aromatic heterocycles. The highest BCUT2D eigenvalue weighted by molar-refractivity contribution is 6.42. The molecular weight excluding hydrogens is 517 g/mol. The highest BCUT2D eigenvalue weighted by Gasteiger charge is 2.28. The van der Waals surface area contributed by atoms with Crippen LogP contribution in [0.25, 0.3) is 16.6 Å². The summed E-state index contributed by atoms with van der Waals surface area (Å²) in [4.78, 5) is 34.1. The van der Waals surface area contributed by atoms with Crippen LogP contribution in [0.4, 0.5) is 0 Å². The van der Waals surface area contributed by atoms with Crippen molar-refractivity contribution in [3.63, 3.8) is 0 Å². The minimum Gasteiger partial charge on any atom is -0.329 e. The Bertz CT molecular complexity index is 1480. The molecule has 3 aromatic carbocycles. The van der Waals surface area contributed by atoms with Gasteiger partial charge in [0.2, 0.25) is 0 Å². The van der Waals surface area contributed by atoms with Crippen LogP contribution in [0, 0.1) is 5.92 Å². The Morgan fingerprint density at radius 2 is 1.61 bits per heavy atom. The fraction of sp³-hybridized carbons (Fsp3) is 0.250. The highest BCUT2D eigenvalue weighted by Crippen LogP contribution is 2.29. The zero-order valence-corrected chi connectivity index (χ0v) is 22.5. The summed E-state index contributed by atoms with van der Waals surface area (Å²) in [5.74, 6) is 0.551. The first-order valence-electron chi connectivity index (χ1n) is 11.7. The van der Waals surface area contributed by atoms with Gasteiger partial charge in [0.25, 0.3) is 11.5 Å². The van der Waals surface area contributed by atoms with Gasteiger partial charge in [-0.3, -0.25) is 14.2 Å². The number of carbonyl (C=O) groups excluding carboxylic acids is 1. The number of carbonyl (C=O) groups is 1. The van der Waals surface area contributed by atoms with Crippen molar-refractivity contribution in [1.29, 1.82) is 0 Å². The topological polar surface area (TPSA) is 55.2 Å². The van der Waals surface area contributed by atoms with E-state index in [1.165, 1.54) is 4.57 Å². The van der Waals surface area contributed by atoms with Gasteiger partial charge in [0.05, 0.1) is 37.7 Å². The van der Waals surface area contributed by atoms with Gasteiger partial charge in [-0.15, -0.1) is 0 Å². The van der Waals surface area contributed by atoms with Crippen LogP contribution in [0.15, 0.2) is 71.5 Å². The summed E-state index contributed by atoms with van der Waals surface area (Å²) in [5.41, 5.74) is 1.22. The lowest BCUT2D eigenvalue weighted by Gasteiger charge is -2.31. The molecule has 1 atom stereocenters. The molecule has 5 nitrogen and oxygen atoms in total. The molecule has 0 bridgehead atoms. The van der Waals surface area contributed by atoms with E-state index in [0.717, 1.165) is 6.42 Å². The average Bonchev–Trinajstić information content (AvgIpc) is 2.86. The van der Waals surface area contributed by atoms with Crippen molar-refractivity contribution in [3.8, 4) is 5.69 Å². The Hall–Kier alpha value is -2.86. The van der Waals surface area contributed by atoms with E-state index in [1.807, 2.05) is 19.1 Å². The van der Waals surface area contributed by atoms with E-state index in [4.69, 9.17) is 39.8 Å². The highest BCUT2D eigenvalue weighted by atomic mass is 35.5. The lowest BCUT2D eigenvalue weighted by molar-refractivity contribution is 0.0671. The van der Waals surface area contributed by atoms with E-state index in [2.05, 4.69) is 13.8 Å². The molecule has 186 valence electrons. The molecule has 36 heavy (non-hydrogen) atoms. The molecule has 1 amide bonds. The minimum atomic E-state index is -0.556. The summed E-state index contributed by atoms with van der Waals surface area (Å²) in [6, 6.07) is 18.6. The molecule has 0 radical (unpaired) electrons. The lowest BCUT2D eigenvalue weighted by atomic mass is 10.1. The first-order valence-corrected chi connectivity index (χ1v) is 12.8. The van der Waals surface area contributed by atoms with Crippen LogP contribution < -0.4 is 5.56 Å². The van der Waals surface area contributed by atoms with Crippen LogP contribution in [0.3, 0.4) is 0 Å². The quantitative estimate of drug-likeness (QED) is 0.242. The molecule has 0 spiro atoms. The van der Waals surface area contributed by atoms with Crippen LogP contribution in [-0.2, 0) is 0 Å². The number of hydrogen-bond acceptors (Lipinski definition) is 3. The Morgan fingerprint density at radius 3 is 2.31 bits per heavy atom. The Kier molecular flexibility index (Phi) is 8.04. The fourth-order valence-corrected chi connectivity index (χ4v) is 4.62. The molecule has 8 heteroatoms. The predicted molar refractivity (Wildman–Crippen MR) is 148 cm³/mol. The molecule has 0 aliphatic carbocycles. The van der Waals surface area contributed by atoms with Crippen LogP contribution in [-0.4, -0.2) is 26.9 Å². The molecule has 1 heterocycles. The summed E-state index contributed by atoms with van der Waals surface area (Å²) in [6.07, 6.45) is 0.765. The van der Waals surface area contributed by atoms with Gasteiger partial charge in [-0.05, 0) is 61.7 Å². The smallest absolute Gasteiger partial charge is 0.266 e. The normalized spacial score (nSPS) is 12.2. The van der Waals surface area contributed by atoms with Crippen LogP contribution in [0.1, 0.15) is 49.4 Å². The number of fused-ring (bicyclic) bond motifs is 1. The first kappa shape index (κ1) is 26.2. The van der Waals surface area contributed by atoms with Gasteiger partial charge in [-0.2, -0.15) is 0 Å². The van der Waals surface area contributed by atoms with Crippen LogP contribution >= 0.6 is 34.8 Å². The van der Waals surface area contributed by atoms with Gasteiger partial charge >= 0.3 is 0 Å². The zero-order chi connectivity index (χ0) is 26.0. The van der Waals surface area contributed by atoms with Crippen molar-refractivity contribution in [2.24, 2.45) is 5.92 Å². The standard InChI is InChI=1S/C28H26Cl3N3O2/c1-17(2)14-15-33(27(35)19-12-13-21(29)23(31)16-19)18(3)26-32-24-10-6-4-8-20(24)28(36)34(26)25-11-7-5-9-22(25)30/h4-13,16-18H,14-15H2,1-3H3. The third-order valence-corrected chi connectivity index (χ3v) is 7.17. The SMILES string of the molecule is CC(C)CCN(C(=O)c1ccc(Cl)c(Cl)c1)C(C)c1nc2ccccc2c(=O)n1-c1ccccc1Cl. The van der Waals surface area contributed by atoms with E-state index in [1.54, 1.807) is 59.5 Å². The molecule has 0 aliphatic heterocycles. The molecule has 4 rings (SSSR count). The van der Waals surface area contributed by atoms with Crippen molar-refractivity contribution in [2.75, 3.05) is 6.54 Å². The van der Waals surface area contributed by atoms with Gasteiger partial charge in [0, 0.05) is 12.1 Å². The molecule has 1 unspecified atom stereocenters. The fourth-order valence-electron chi connectivity index (χ4n) is 4.10. The molecule has 0 saturated heterocycles. The number of benzene rings is 3. The monoisotopic (exact) mass is 541 g/mol. The summed E-state index contributed by atoms with van der Waals surface area (Å²) >= 11 is 18.8. The average molecular weight is 543 g/mol. The summed E-state index contributed by atoms with van der Waals surface area (Å²) in [6.45, 7) is 6.53. The number of aromatic nitrogens is 2. The molecule has 0 fully saturated rings. The van der Waals surface area contributed by atoms with Crippen LogP contribution in [0.5, 0.6) is 0 Å². The summed E-state index contributed by atoms with van der Waals surface area (Å²) < 4.78 is 1.51. The molecule has 4 aromatic rings. The first-order chi connectivity index (χ1) is 17.2. The number of halogens is 3. The Balaban J connectivity index is 1.91. The molecule has 0 saturated carbocycles. The number of para-hydroxylation sites is 2. The zero-order valence-electron chi connectivity index (χ0n) is 20.2. The number of hydrogen-bond donors (Lipinski definition) is 0. The Morgan fingerprint density at radius 1 is 0.917 bits per heavy atom. The van der Waals surface area contributed by atoms with Crippen molar-refractivity contribution >= 4 is 51.6 Å². The van der Waals surface area contributed by atoms with E-state index < -0.39 is 6.04 Å².